The zero-order valence-corrected chi connectivity index (χ0v) is 17.5. The molecule has 0 saturated carbocycles. The fourth-order valence-corrected chi connectivity index (χ4v) is 4.77. The Morgan fingerprint density at radius 3 is 2.35 bits per heavy atom. The van der Waals surface area contributed by atoms with E-state index in [1.54, 1.807) is 4.90 Å². The van der Waals surface area contributed by atoms with Crippen molar-refractivity contribution in [3.63, 3.8) is 0 Å². The Kier molecular flexibility index (Phi) is 6.05. The largest absolute Gasteiger partial charge is 0.338 e. The first-order valence-corrected chi connectivity index (χ1v) is 10.4. The summed E-state index contributed by atoms with van der Waals surface area (Å²) in [6.45, 7) is 13.7. The van der Waals surface area contributed by atoms with E-state index >= 15 is 0 Å². The average Bonchev–Trinajstić information content (AvgIpc) is 2.94. The first-order valence-electron chi connectivity index (χ1n) is 9.60. The van der Waals surface area contributed by atoms with E-state index in [-0.39, 0.29) is 0 Å². The molecule has 138 valence electrons. The summed E-state index contributed by atoms with van der Waals surface area (Å²) in [4.78, 5) is 5.28. The molecule has 0 bridgehead atoms. The summed E-state index contributed by atoms with van der Waals surface area (Å²) in [6, 6.07) is 13.2. The molecule has 0 atom stereocenters. The van der Waals surface area contributed by atoms with Crippen molar-refractivity contribution in [2.24, 2.45) is 0 Å². The lowest BCUT2D eigenvalue weighted by atomic mass is 10.1. The standard InChI is InChI=1S/C22H30N3S/c1-6-24(7-2)12-13-25-17(3)14-19(15-18(25)4)16-22-23(5)20-10-8-9-11-21(20)26-22/h8-11,14-16H,6-7,12-13H2,1-5H3/q+1/p+1. The minimum absolute atomic E-state index is 1.09. The lowest BCUT2D eigenvalue weighted by Crippen LogP contribution is -3.12. The minimum Gasteiger partial charge on any atom is -0.338 e. The molecule has 0 spiro atoms. The molecule has 26 heavy (non-hydrogen) atoms. The molecule has 0 amide bonds. The number of anilines is 1. The van der Waals surface area contributed by atoms with E-state index in [1.807, 2.05) is 11.8 Å². The van der Waals surface area contributed by atoms with E-state index in [0.717, 1.165) is 6.54 Å². The second-order valence-corrected chi connectivity index (χ2v) is 8.10. The molecular formula is C22H31N3S+2. The van der Waals surface area contributed by atoms with Crippen LogP contribution in [-0.4, -0.2) is 26.7 Å². The molecule has 0 fully saturated rings. The molecular weight excluding hydrogens is 338 g/mol. The molecule has 1 aliphatic heterocycles. The summed E-state index contributed by atoms with van der Waals surface area (Å²) in [5.41, 5.74) is 5.26. The molecule has 0 saturated heterocycles. The van der Waals surface area contributed by atoms with Gasteiger partial charge >= 0.3 is 0 Å². The summed E-state index contributed by atoms with van der Waals surface area (Å²) in [5, 5.41) is 1.29. The monoisotopic (exact) mass is 369 g/mol. The van der Waals surface area contributed by atoms with Crippen LogP contribution in [-0.2, 0) is 6.54 Å². The maximum Gasteiger partial charge on any atom is 0.197 e. The van der Waals surface area contributed by atoms with Gasteiger partial charge < -0.3 is 9.80 Å². The molecule has 1 N–H and O–H groups in total. The van der Waals surface area contributed by atoms with Crippen LogP contribution in [0.4, 0.5) is 5.69 Å². The van der Waals surface area contributed by atoms with Crippen molar-refractivity contribution in [3.05, 3.63) is 58.4 Å². The van der Waals surface area contributed by atoms with Crippen molar-refractivity contribution in [3.8, 4) is 0 Å². The van der Waals surface area contributed by atoms with E-state index in [4.69, 9.17) is 0 Å². The van der Waals surface area contributed by atoms with Crippen molar-refractivity contribution in [2.75, 3.05) is 31.6 Å². The first kappa shape index (κ1) is 19.0. The molecule has 1 aromatic carbocycles. The SMILES string of the molecule is CC[NH+](CC)CC[n+]1c(C)cc(C=C2Sc3ccccc3N2C)cc1C. The highest BCUT2D eigenvalue weighted by molar-refractivity contribution is 8.03. The van der Waals surface area contributed by atoms with Gasteiger partial charge in [0.05, 0.1) is 23.8 Å². The number of quaternary nitrogens is 1. The van der Waals surface area contributed by atoms with Gasteiger partial charge in [-0.3, -0.25) is 0 Å². The van der Waals surface area contributed by atoms with Crippen LogP contribution in [0.25, 0.3) is 6.08 Å². The summed E-state index contributed by atoms with van der Waals surface area (Å²) in [6.07, 6.45) is 2.31. The van der Waals surface area contributed by atoms with Crippen LogP contribution < -0.4 is 14.4 Å². The van der Waals surface area contributed by atoms with Gasteiger partial charge in [-0.05, 0) is 37.6 Å². The molecule has 2 heterocycles. The first-order chi connectivity index (χ1) is 12.5. The molecule has 3 nitrogen and oxygen atoms in total. The molecule has 4 heteroatoms. The minimum atomic E-state index is 1.09. The average molecular weight is 370 g/mol. The summed E-state index contributed by atoms with van der Waals surface area (Å²) >= 11 is 1.85. The number of para-hydroxylation sites is 1. The maximum atomic E-state index is 2.45. The number of nitrogens with zero attached hydrogens (tertiary/aromatic N) is 2. The van der Waals surface area contributed by atoms with Crippen molar-refractivity contribution in [2.45, 2.75) is 39.1 Å². The molecule has 0 unspecified atom stereocenters. The number of thioether (sulfide) groups is 1. The van der Waals surface area contributed by atoms with Crippen LogP contribution in [0.15, 0.2) is 46.3 Å². The van der Waals surface area contributed by atoms with Crippen LogP contribution in [0.1, 0.15) is 30.8 Å². The van der Waals surface area contributed by atoms with Gasteiger partial charge in [0.2, 0.25) is 0 Å². The Balaban J connectivity index is 1.80. The maximum absolute atomic E-state index is 2.45. The predicted molar refractivity (Wildman–Crippen MR) is 112 cm³/mol. The predicted octanol–water partition coefficient (Wildman–Crippen LogP) is 3.06. The Morgan fingerprint density at radius 1 is 1.08 bits per heavy atom. The van der Waals surface area contributed by atoms with Crippen LogP contribution in [0.3, 0.4) is 0 Å². The van der Waals surface area contributed by atoms with Gasteiger partial charge in [-0.25, -0.2) is 0 Å². The normalized spacial score (nSPS) is 15.2. The molecule has 3 rings (SSSR count). The topological polar surface area (TPSA) is 11.6 Å². The second-order valence-electron chi connectivity index (χ2n) is 7.04. The third kappa shape index (κ3) is 3.97. The number of aryl methyl sites for hydroxylation is 2. The molecule has 1 aromatic heterocycles. The zero-order chi connectivity index (χ0) is 18.7. The Bertz CT molecular complexity index is 786. The third-order valence-corrected chi connectivity index (χ3v) is 6.52. The van der Waals surface area contributed by atoms with Gasteiger partial charge in [0.1, 0.15) is 6.54 Å². The number of aromatic nitrogens is 1. The molecule has 0 radical (unpaired) electrons. The van der Waals surface area contributed by atoms with Crippen LogP contribution >= 0.6 is 11.8 Å². The van der Waals surface area contributed by atoms with Gasteiger partial charge in [0.15, 0.2) is 17.9 Å². The Hall–Kier alpha value is -1.78. The van der Waals surface area contributed by atoms with Gasteiger partial charge in [-0.1, -0.05) is 23.9 Å². The third-order valence-electron chi connectivity index (χ3n) is 5.35. The molecule has 1 aliphatic rings. The van der Waals surface area contributed by atoms with Crippen LogP contribution in [0, 0.1) is 13.8 Å². The van der Waals surface area contributed by atoms with Crippen molar-refractivity contribution >= 4 is 23.5 Å². The number of likely N-dealkylation sites (N-methyl/N-ethyl adjacent to an activating group) is 1. The lowest BCUT2D eigenvalue weighted by molar-refractivity contribution is -0.917. The second kappa shape index (κ2) is 8.28. The zero-order valence-electron chi connectivity index (χ0n) is 16.7. The van der Waals surface area contributed by atoms with Crippen LogP contribution in [0.5, 0.6) is 0 Å². The number of benzene rings is 1. The van der Waals surface area contributed by atoms with Crippen LogP contribution in [0.2, 0.25) is 0 Å². The van der Waals surface area contributed by atoms with E-state index in [2.05, 4.69) is 86.7 Å². The van der Waals surface area contributed by atoms with Crippen molar-refractivity contribution in [1.29, 1.82) is 0 Å². The molecule has 2 aromatic rings. The highest BCUT2D eigenvalue weighted by Gasteiger charge is 2.22. The Labute approximate surface area is 162 Å². The van der Waals surface area contributed by atoms with E-state index in [0.29, 0.717) is 0 Å². The lowest BCUT2D eigenvalue weighted by Gasteiger charge is -2.15. The fraction of sp³-hybridized carbons (Fsp3) is 0.409. The van der Waals surface area contributed by atoms with Crippen molar-refractivity contribution < 1.29 is 9.47 Å². The smallest absolute Gasteiger partial charge is 0.197 e. The van der Waals surface area contributed by atoms with E-state index in [9.17, 15) is 0 Å². The summed E-state index contributed by atoms with van der Waals surface area (Å²) in [5.74, 6) is 0. The number of fused-ring (bicyclic) bond motifs is 1. The van der Waals surface area contributed by atoms with E-state index in [1.165, 1.54) is 52.2 Å². The highest BCUT2D eigenvalue weighted by Crippen LogP contribution is 2.45. The highest BCUT2D eigenvalue weighted by atomic mass is 32.2. The number of nitrogens with one attached hydrogen (secondary N) is 1. The van der Waals surface area contributed by atoms with Crippen molar-refractivity contribution in [1.82, 2.24) is 0 Å². The number of hydrogen-bond acceptors (Lipinski definition) is 2. The number of pyridine rings is 1. The van der Waals surface area contributed by atoms with Gasteiger partial charge in [-0.2, -0.15) is 4.57 Å². The van der Waals surface area contributed by atoms with Gasteiger partial charge in [0.25, 0.3) is 0 Å². The Morgan fingerprint density at radius 2 is 1.73 bits per heavy atom. The van der Waals surface area contributed by atoms with Gasteiger partial charge in [-0.15, -0.1) is 0 Å². The molecule has 0 aliphatic carbocycles. The summed E-state index contributed by atoms with van der Waals surface area (Å²) in [7, 11) is 2.15. The number of rotatable bonds is 6. The fourth-order valence-electron chi connectivity index (χ4n) is 3.66. The van der Waals surface area contributed by atoms with Gasteiger partial charge in [0, 0.05) is 37.9 Å². The number of hydrogen-bond donors (Lipinski definition) is 1. The quantitative estimate of drug-likeness (QED) is 0.785. The summed E-state index contributed by atoms with van der Waals surface area (Å²) < 4.78 is 2.45. The van der Waals surface area contributed by atoms with E-state index < -0.39 is 0 Å².